The molecule has 0 N–H and O–H groups in total. The molecule has 1 aromatic heterocycles. The zero-order valence-electron chi connectivity index (χ0n) is 16.9. The summed E-state index contributed by atoms with van der Waals surface area (Å²) in [7, 11) is 1.56. The molecule has 0 saturated carbocycles. The number of oxazole rings is 1. The molecule has 4 aromatic rings. The van der Waals surface area contributed by atoms with Gasteiger partial charge in [0.25, 0.3) is 0 Å². The number of para-hydroxylation sites is 2. The Morgan fingerprint density at radius 2 is 1.81 bits per heavy atom. The average molecular weight is 414 g/mol. The van der Waals surface area contributed by atoms with Crippen molar-refractivity contribution in [3.63, 3.8) is 0 Å². The van der Waals surface area contributed by atoms with E-state index in [0.29, 0.717) is 34.8 Å². The number of carbonyl (C=O) groups is 1. The molecular weight excluding hydrogens is 394 g/mol. The van der Waals surface area contributed by atoms with Crippen LogP contribution in [0.4, 0.5) is 0 Å². The number of hydrogen-bond donors (Lipinski definition) is 0. The summed E-state index contributed by atoms with van der Waals surface area (Å²) in [6.45, 7) is 0.408. The van der Waals surface area contributed by atoms with E-state index in [9.17, 15) is 9.90 Å². The standard InChI is InChI=1S/C25H21NO5/c1-29-23-14-18(11-12-22(23)30-16-17-7-3-2-4-8-17)13-19(15-24(27)28)25-26-20-9-5-6-10-21(20)31-25/h2-14H,15-16H2,1H3,(H,27,28)/p-1/b19-13+. The molecule has 156 valence electrons. The van der Waals surface area contributed by atoms with E-state index in [-0.39, 0.29) is 12.3 Å². The Kier molecular flexibility index (Phi) is 5.98. The normalized spacial score (nSPS) is 11.5. The molecule has 0 spiro atoms. The quantitative estimate of drug-likeness (QED) is 0.432. The number of carboxylic acid groups (broad SMARTS) is 1. The Bertz CT molecular complexity index is 1190. The Morgan fingerprint density at radius 1 is 1.03 bits per heavy atom. The van der Waals surface area contributed by atoms with E-state index in [2.05, 4.69) is 4.98 Å². The molecule has 6 nitrogen and oxygen atoms in total. The lowest BCUT2D eigenvalue weighted by Gasteiger charge is -2.12. The Balaban J connectivity index is 1.63. The fourth-order valence-corrected chi connectivity index (χ4v) is 3.18. The van der Waals surface area contributed by atoms with E-state index in [1.807, 2.05) is 48.5 Å². The summed E-state index contributed by atoms with van der Waals surface area (Å²) in [4.78, 5) is 15.7. The number of aromatic nitrogens is 1. The van der Waals surface area contributed by atoms with Crippen molar-refractivity contribution < 1.29 is 23.8 Å². The van der Waals surface area contributed by atoms with Crippen LogP contribution >= 0.6 is 0 Å². The van der Waals surface area contributed by atoms with Gasteiger partial charge in [-0.15, -0.1) is 0 Å². The first-order valence-electron chi connectivity index (χ1n) is 9.73. The topological polar surface area (TPSA) is 84.6 Å². The highest BCUT2D eigenvalue weighted by Crippen LogP contribution is 2.31. The third-order valence-corrected chi connectivity index (χ3v) is 4.67. The zero-order valence-corrected chi connectivity index (χ0v) is 16.9. The van der Waals surface area contributed by atoms with Crippen LogP contribution in [0.2, 0.25) is 0 Å². The van der Waals surface area contributed by atoms with Gasteiger partial charge in [0, 0.05) is 18.0 Å². The molecule has 0 aliphatic carbocycles. The number of fused-ring (bicyclic) bond motifs is 1. The van der Waals surface area contributed by atoms with E-state index in [1.54, 1.807) is 37.5 Å². The van der Waals surface area contributed by atoms with E-state index < -0.39 is 5.97 Å². The molecule has 31 heavy (non-hydrogen) atoms. The lowest BCUT2D eigenvalue weighted by molar-refractivity contribution is -0.304. The summed E-state index contributed by atoms with van der Waals surface area (Å²) in [5, 5.41) is 11.3. The van der Waals surface area contributed by atoms with Gasteiger partial charge in [-0.05, 0) is 41.5 Å². The van der Waals surface area contributed by atoms with Crippen molar-refractivity contribution in [3.8, 4) is 11.5 Å². The van der Waals surface area contributed by atoms with Gasteiger partial charge in [-0.2, -0.15) is 0 Å². The van der Waals surface area contributed by atoms with Crippen molar-refractivity contribution in [3.05, 3.63) is 89.8 Å². The number of nitrogens with zero attached hydrogens (tertiary/aromatic N) is 1. The summed E-state index contributed by atoms with van der Waals surface area (Å²) >= 11 is 0. The number of aliphatic carboxylic acids is 1. The van der Waals surface area contributed by atoms with Gasteiger partial charge in [-0.1, -0.05) is 48.5 Å². The number of carboxylic acids is 1. The summed E-state index contributed by atoms with van der Waals surface area (Å²) in [6, 6.07) is 22.5. The van der Waals surface area contributed by atoms with Crippen LogP contribution in [0.5, 0.6) is 11.5 Å². The fraction of sp³-hybridized carbons (Fsp3) is 0.120. The van der Waals surface area contributed by atoms with Crippen LogP contribution < -0.4 is 14.6 Å². The number of rotatable bonds is 8. The van der Waals surface area contributed by atoms with Crippen molar-refractivity contribution in [1.29, 1.82) is 0 Å². The lowest BCUT2D eigenvalue weighted by atomic mass is 10.1. The Labute approximate surface area is 179 Å². The fourth-order valence-electron chi connectivity index (χ4n) is 3.18. The highest BCUT2D eigenvalue weighted by molar-refractivity contribution is 5.90. The van der Waals surface area contributed by atoms with Gasteiger partial charge in [0.2, 0.25) is 5.89 Å². The number of methoxy groups -OCH3 is 1. The maximum atomic E-state index is 11.3. The van der Waals surface area contributed by atoms with Crippen LogP contribution in [0.15, 0.2) is 77.2 Å². The van der Waals surface area contributed by atoms with E-state index in [1.165, 1.54) is 0 Å². The molecule has 0 saturated heterocycles. The molecule has 0 aliphatic heterocycles. The second-order valence-corrected chi connectivity index (χ2v) is 6.89. The molecule has 6 heteroatoms. The third kappa shape index (κ3) is 4.93. The maximum absolute atomic E-state index is 11.3. The Morgan fingerprint density at radius 3 is 2.55 bits per heavy atom. The molecule has 0 bridgehead atoms. The van der Waals surface area contributed by atoms with Crippen molar-refractivity contribution in [2.75, 3.05) is 7.11 Å². The molecule has 0 aliphatic rings. The van der Waals surface area contributed by atoms with E-state index in [4.69, 9.17) is 13.9 Å². The maximum Gasteiger partial charge on any atom is 0.223 e. The monoisotopic (exact) mass is 414 g/mol. The summed E-state index contributed by atoms with van der Waals surface area (Å²) in [5.41, 5.74) is 3.41. The smallest absolute Gasteiger partial charge is 0.223 e. The minimum absolute atomic E-state index is 0.244. The molecule has 0 radical (unpaired) electrons. The molecule has 4 rings (SSSR count). The van der Waals surface area contributed by atoms with Crippen LogP contribution in [0.3, 0.4) is 0 Å². The second-order valence-electron chi connectivity index (χ2n) is 6.89. The Hall–Kier alpha value is -4.06. The van der Waals surface area contributed by atoms with Gasteiger partial charge in [0.05, 0.1) is 7.11 Å². The van der Waals surface area contributed by atoms with Crippen LogP contribution in [0, 0.1) is 0 Å². The van der Waals surface area contributed by atoms with Crippen LogP contribution in [0.25, 0.3) is 22.7 Å². The molecule has 3 aromatic carbocycles. The van der Waals surface area contributed by atoms with Crippen LogP contribution in [-0.4, -0.2) is 18.1 Å². The highest BCUT2D eigenvalue weighted by atomic mass is 16.5. The van der Waals surface area contributed by atoms with Crippen molar-refractivity contribution >= 4 is 28.7 Å². The van der Waals surface area contributed by atoms with Crippen LogP contribution in [0.1, 0.15) is 23.4 Å². The minimum atomic E-state index is -1.22. The lowest BCUT2D eigenvalue weighted by Crippen LogP contribution is -2.22. The van der Waals surface area contributed by atoms with Crippen LogP contribution in [-0.2, 0) is 11.4 Å². The van der Waals surface area contributed by atoms with Gasteiger partial charge in [-0.3, -0.25) is 0 Å². The van der Waals surface area contributed by atoms with E-state index in [0.717, 1.165) is 11.1 Å². The zero-order chi connectivity index (χ0) is 21.6. The van der Waals surface area contributed by atoms with Gasteiger partial charge in [-0.25, -0.2) is 4.98 Å². The first-order chi connectivity index (χ1) is 15.1. The molecule has 0 fully saturated rings. The molecule has 0 amide bonds. The number of benzene rings is 3. The van der Waals surface area contributed by atoms with E-state index >= 15 is 0 Å². The molecule has 1 heterocycles. The minimum Gasteiger partial charge on any atom is -0.550 e. The third-order valence-electron chi connectivity index (χ3n) is 4.67. The summed E-state index contributed by atoms with van der Waals surface area (Å²) in [6.07, 6.45) is 1.37. The van der Waals surface area contributed by atoms with Gasteiger partial charge in [0.1, 0.15) is 12.1 Å². The van der Waals surface area contributed by atoms with Crippen molar-refractivity contribution in [1.82, 2.24) is 4.98 Å². The second kappa shape index (κ2) is 9.17. The van der Waals surface area contributed by atoms with Gasteiger partial charge in [0.15, 0.2) is 17.1 Å². The summed E-state index contributed by atoms with van der Waals surface area (Å²) < 4.78 is 17.1. The predicted molar refractivity (Wildman–Crippen MR) is 115 cm³/mol. The molecule has 0 atom stereocenters. The largest absolute Gasteiger partial charge is 0.550 e. The number of ether oxygens (including phenoxy) is 2. The molecular formula is C25H20NO5-. The van der Waals surface area contributed by atoms with Crippen molar-refractivity contribution in [2.45, 2.75) is 13.0 Å². The first kappa shape index (κ1) is 20.2. The SMILES string of the molecule is COc1cc(/C=C(\CC(=O)[O-])c2nc3ccccc3o2)ccc1OCc1ccccc1. The predicted octanol–water partition coefficient (Wildman–Crippen LogP) is 4.10. The number of carbonyl (C=O) groups excluding carboxylic acids is 1. The molecule has 0 unspecified atom stereocenters. The number of hydrogen-bond acceptors (Lipinski definition) is 6. The van der Waals surface area contributed by atoms with Gasteiger partial charge < -0.3 is 23.8 Å². The van der Waals surface area contributed by atoms with Gasteiger partial charge >= 0.3 is 0 Å². The summed E-state index contributed by atoms with van der Waals surface area (Å²) in [5.74, 6) is 0.152. The highest BCUT2D eigenvalue weighted by Gasteiger charge is 2.13. The first-order valence-corrected chi connectivity index (χ1v) is 9.73. The average Bonchev–Trinajstić information content (AvgIpc) is 3.22. The van der Waals surface area contributed by atoms with Crippen molar-refractivity contribution in [2.24, 2.45) is 0 Å².